The van der Waals surface area contributed by atoms with E-state index in [1.807, 2.05) is 31.2 Å². The molecule has 0 radical (unpaired) electrons. The average molecular weight is 442 g/mol. The van der Waals surface area contributed by atoms with Gasteiger partial charge in [0, 0.05) is 0 Å². The fourth-order valence-corrected chi connectivity index (χ4v) is 3.60. The van der Waals surface area contributed by atoms with Gasteiger partial charge in [0.15, 0.2) is 6.61 Å². The largest absolute Gasteiger partial charge is 0.492 e. The summed E-state index contributed by atoms with van der Waals surface area (Å²) in [6, 6.07) is 14.4. The van der Waals surface area contributed by atoms with Crippen LogP contribution >= 0.6 is 11.8 Å². The summed E-state index contributed by atoms with van der Waals surface area (Å²) >= 11 is 0.899. The number of hydrogen-bond donors (Lipinski definition) is 0. The Morgan fingerprint density at radius 1 is 1.00 bits per heavy atom. The molecule has 3 rings (SSSR count). The molecule has 31 heavy (non-hydrogen) atoms. The van der Waals surface area contributed by atoms with Crippen LogP contribution < -0.4 is 9.47 Å². The van der Waals surface area contributed by atoms with E-state index in [9.17, 15) is 14.4 Å². The van der Waals surface area contributed by atoms with E-state index >= 15 is 0 Å². The first-order valence-electron chi connectivity index (χ1n) is 9.79. The number of nitrogens with zero attached hydrogens (tertiary/aromatic N) is 1. The number of imide groups is 1. The van der Waals surface area contributed by atoms with Crippen LogP contribution in [0.25, 0.3) is 6.08 Å². The molecule has 1 fully saturated rings. The fourth-order valence-electron chi connectivity index (χ4n) is 2.74. The molecule has 0 atom stereocenters. The van der Waals surface area contributed by atoms with Crippen molar-refractivity contribution >= 4 is 35.0 Å². The smallest absolute Gasteiger partial charge is 0.344 e. The van der Waals surface area contributed by atoms with Crippen LogP contribution in [0.3, 0.4) is 0 Å². The molecule has 1 aliphatic heterocycles. The molecule has 1 heterocycles. The number of rotatable bonds is 9. The highest BCUT2D eigenvalue weighted by Crippen LogP contribution is 2.32. The Hall–Kier alpha value is -3.26. The van der Waals surface area contributed by atoms with E-state index in [0.29, 0.717) is 23.0 Å². The molecule has 0 aromatic heterocycles. The molecule has 0 bridgehead atoms. The summed E-state index contributed by atoms with van der Waals surface area (Å²) in [5.74, 6) is 0.418. The number of benzene rings is 2. The number of esters is 1. The first-order valence-corrected chi connectivity index (χ1v) is 10.6. The number of amides is 2. The van der Waals surface area contributed by atoms with Gasteiger partial charge in [0.1, 0.15) is 18.1 Å². The molecule has 162 valence electrons. The van der Waals surface area contributed by atoms with Gasteiger partial charge in [0.05, 0.1) is 18.1 Å². The van der Waals surface area contributed by atoms with Crippen LogP contribution in [0.2, 0.25) is 0 Å². The Kier molecular flexibility index (Phi) is 7.72. The zero-order valence-electron chi connectivity index (χ0n) is 17.3. The maximum atomic E-state index is 12.6. The van der Waals surface area contributed by atoms with E-state index in [2.05, 4.69) is 0 Å². The van der Waals surface area contributed by atoms with Gasteiger partial charge in [-0.25, -0.2) is 4.79 Å². The lowest BCUT2D eigenvalue weighted by molar-refractivity contribution is -0.145. The van der Waals surface area contributed by atoms with E-state index < -0.39 is 5.97 Å². The van der Waals surface area contributed by atoms with Crippen molar-refractivity contribution in [2.75, 3.05) is 26.4 Å². The molecule has 0 aliphatic carbocycles. The van der Waals surface area contributed by atoms with E-state index in [0.717, 1.165) is 22.9 Å². The molecule has 2 aromatic carbocycles. The van der Waals surface area contributed by atoms with Gasteiger partial charge in [0.2, 0.25) is 0 Å². The van der Waals surface area contributed by atoms with E-state index in [4.69, 9.17) is 14.2 Å². The summed E-state index contributed by atoms with van der Waals surface area (Å²) < 4.78 is 15.8. The molecule has 0 saturated carbocycles. The number of hydrogen-bond acceptors (Lipinski definition) is 7. The number of aryl methyl sites for hydroxylation is 1. The van der Waals surface area contributed by atoms with Crippen molar-refractivity contribution in [2.45, 2.75) is 13.8 Å². The van der Waals surface area contributed by atoms with Crippen LogP contribution in [0.5, 0.6) is 11.5 Å². The van der Waals surface area contributed by atoms with Crippen molar-refractivity contribution < 1.29 is 28.6 Å². The molecule has 0 unspecified atom stereocenters. The van der Waals surface area contributed by atoms with Crippen molar-refractivity contribution in [1.82, 2.24) is 4.90 Å². The Bertz CT molecular complexity index is 969. The minimum absolute atomic E-state index is 0.170. The van der Waals surface area contributed by atoms with Crippen LogP contribution in [0.15, 0.2) is 53.4 Å². The third kappa shape index (κ3) is 6.36. The van der Waals surface area contributed by atoms with Gasteiger partial charge >= 0.3 is 5.97 Å². The molecule has 8 heteroatoms. The second-order valence-corrected chi connectivity index (χ2v) is 7.65. The molecule has 7 nitrogen and oxygen atoms in total. The topological polar surface area (TPSA) is 82.1 Å². The number of carbonyl (C=O) groups excluding carboxylic acids is 3. The third-order valence-corrected chi connectivity index (χ3v) is 5.23. The van der Waals surface area contributed by atoms with Gasteiger partial charge in [-0.3, -0.25) is 14.5 Å². The first-order chi connectivity index (χ1) is 15.0. The van der Waals surface area contributed by atoms with Crippen LogP contribution in [0, 0.1) is 6.92 Å². The predicted octanol–water partition coefficient (Wildman–Crippen LogP) is 4.05. The quantitative estimate of drug-likeness (QED) is 0.429. The standard InChI is InChI=1S/C23H23NO6S/c1-3-28-21(25)15-30-19-10-6-17(7-11-19)14-20-22(26)24(23(27)31-20)12-13-29-18-8-4-16(2)5-9-18/h4-11,14H,3,12-13,15H2,1-2H3/b20-14-. The second-order valence-electron chi connectivity index (χ2n) is 6.66. The van der Waals surface area contributed by atoms with Gasteiger partial charge in [0.25, 0.3) is 11.1 Å². The zero-order chi connectivity index (χ0) is 22.2. The predicted molar refractivity (Wildman–Crippen MR) is 118 cm³/mol. The zero-order valence-corrected chi connectivity index (χ0v) is 18.1. The normalized spacial score (nSPS) is 14.8. The summed E-state index contributed by atoms with van der Waals surface area (Å²) in [4.78, 5) is 37.7. The molecule has 1 saturated heterocycles. The monoisotopic (exact) mass is 441 g/mol. The van der Waals surface area contributed by atoms with E-state index in [1.165, 1.54) is 4.90 Å². The molecular weight excluding hydrogens is 418 g/mol. The Morgan fingerprint density at radius 2 is 1.65 bits per heavy atom. The second kappa shape index (κ2) is 10.7. The van der Waals surface area contributed by atoms with Gasteiger partial charge < -0.3 is 14.2 Å². The lowest BCUT2D eigenvalue weighted by atomic mass is 10.2. The van der Waals surface area contributed by atoms with Crippen molar-refractivity contribution in [3.63, 3.8) is 0 Å². The van der Waals surface area contributed by atoms with Crippen LogP contribution in [0.4, 0.5) is 4.79 Å². The SMILES string of the molecule is CCOC(=O)COc1ccc(/C=C2\SC(=O)N(CCOc3ccc(C)cc3)C2=O)cc1. The summed E-state index contributed by atoms with van der Waals surface area (Å²) in [5.41, 5.74) is 1.87. The molecular formula is C23H23NO6S. The van der Waals surface area contributed by atoms with Crippen molar-refractivity contribution in [1.29, 1.82) is 0 Å². The molecule has 2 amide bonds. The fraction of sp³-hybridized carbons (Fsp3) is 0.261. The Balaban J connectivity index is 1.54. The van der Waals surface area contributed by atoms with Crippen LogP contribution in [-0.2, 0) is 14.3 Å². The lowest BCUT2D eigenvalue weighted by Gasteiger charge is -2.13. The first kappa shape index (κ1) is 22.4. The van der Waals surface area contributed by atoms with Gasteiger partial charge in [-0.2, -0.15) is 0 Å². The van der Waals surface area contributed by atoms with Crippen molar-refractivity contribution in [3.8, 4) is 11.5 Å². The van der Waals surface area contributed by atoms with Crippen LogP contribution in [-0.4, -0.2) is 48.4 Å². The summed E-state index contributed by atoms with van der Waals surface area (Å²) in [7, 11) is 0. The average Bonchev–Trinajstić information content (AvgIpc) is 3.02. The van der Waals surface area contributed by atoms with E-state index in [1.54, 1.807) is 37.3 Å². The van der Waals surface area contributed by atoms with Crippen molar-refractivity contribution in [2.24, 2.45) is 0 Å². The van der Waals surface area contributed by atoms with Gasteiger partial charge in [-0.15, -0.1) is 0 Å². The third-order valence-electron chi connectivity index (χ3n) is 4.32. The molecule has 1 aliphatic rings. The van der Waals surface area contributed by atoms with Gasteiger partial charge in [-0.05, 0) is 61.5 Å². The van der Waals surface area contributed by atoms with Crippen molar-refractivity contribution in [3.05, 3.63) is 64.6 Å². The lowest BCUT2D eigenvalue weighted by Crippen LogP contribution is -2.32. The highest BCUT2D eigenvalue weighted by molar-refractivity contribution is 8.18. The Labute approximate surface area is 185 Å². The highest BCUT2D eigenvalue weighted by atomic mass is 32.2. The summed E-state index contributed by atoms with van der Waals surface area (Å²) in [5, 5.41) is -0.321. The Morgan fingerprint density at radius 3 is 2.32 bits per heavy atom. The van der Waals surface area contributed by atoms with E-state index in [-0.39, 0.29) is 30.9 Å². The number of ether oxygens (including phenoxy) is 3. The highest BCUT2D eigenvalue weighted by Gasteiger charge is 2.34. The summed E-state index contributed by atoms with van der Waals surface area (Å²) in [6.45, 7) is 4.24. The van der Waals surface area contributed by atoms with Gasteiger partial charge in [-0.1, -0.05) is 29.8 Å². The number of thioether (sulfide) groups is 1. The molecule has 0 spiro atoms. The minimum atomic E-state index is -0.438. The summed E-state index contributed by atoms with van der Waals surface area (Å²) in [6.07, 6.45) is 1.65. The molecule has 0 N–H and O–H groups in total. The number of carbonyl (C=O) groups is 3. The molecule has 2 aromatic rings. The maximum absolute atomic E-state index is 12.6. The maximum Gasteiger partial charge on any atom is 0.344 e. The van der Waals surface area contributed by atoms with Crippen LogP contribution in [0.1, 0.15) is 18.1 Å². The minimum Gasteiger partial charge on any atom is -0.492 e.